The number of pyridine rings is 1. The van der Waals surface area contributed by atoms with Crippen molar-refractivity contribution in [3.05, 3.63) is 35.5 Å². The van der Waals surface area contributed by atoms with Crippen molar-refractivity contribution in [2.75, 3.05) is 24.5 Å². The Balaban J connectivity index is 2.40. The topological polar surface area (TPSA) is 42.1 Å². The highest BCUT2D eigenvalue weighted by molar-refractivity contribution is 6.31. The molecule has 0 saturated carbocycles. The van der Waals surface area contributed by atoms with Crippen LogP contribution in [0.5, 0.6) is 0 Å². The summed E-state index contributed by atoms with van der Waals surface area (Å²) in [5.74, 6) is 0. The first-order chi connectivity index (χ1) is 9.26. The van der Waals surface area contributed by atoms with Gasteiger partial charge in [-0.05, 0) is 43.7 Å². The number of nitrogens with two attached hydrogens (primary N) is 1. The minimum absolute atomic E-state index is 0.717. The summed E-state index contributed by atoms with van der Waals surface area (Å²) in [6.07, 6.45) is 3.96. The molecule has 0 radical (unpaired) electrons. The lowest BCUT2D eigenvalue weighted by Crippen LogP contribution is -2.27. The van der Waals surface area contributed by atoms with Gasteiger partial charge in [-0.2, -0.15) is 0 Å². The molecule has 1 heterocycles. The largest absolute Gasteiger partial charge is 0.371 e. The van der Waals surface area contributed by atoms with Crippen molar-refractivity contribution in [2.24, 2.45) is 5.73 Å². The molecule has 0 amide bonds. The van der Waals surface area contributed by atoms with E-state index >= 15 is 0 Å². The zero-order valence-corrected chi connectivity index (χ0v) is 12.0. The summed E-state index contributed by atoms with van der Waals surface area (Å²) >= 11 is 6.03. The van der Waals surface area contributed by atoms with Crippen molar-refractivity contribution >= 4 is 28.2 Å². The Kier molecular flexibility index (Phi) is 5.00. The molecule has 3 nitrogen and oxygen atoms in total. The molecule has 0 aliphatic carbocycles. The molecule has 2 rings (SSSR count). The predicted octanol–water partition coefficient (Wildman–Crippen LogP) is 3.45. The van der Waals surface area contributed by atoms with E-state index in [2.05, 4.69) is 22.9 Å². The van der Waals surface area contributed by atoms with Gasteiger partial charge in [0.1, 0.15) is 0 Å². The summed E-state index contributed by atoms with van der Waals surface area (Å²) in [7, 11) is 0. The van der Waals surface area contributed by atoms with Crippen molar-refractivity contribution in [3.63, 3.8) is 0 Å². The summed E-state index contributed by atoms with van der Waals surface area (Å²) in [5, 5.41) is 1.87. The molecule has 19 heavy (non-hydrogen) atoms. The predicted molar refractivity (Wildman–Crippen MR) is 82.9 cm³/mol. The van der Waals surface area contributed by atoms with Gasteiger partial charge in [0.25, 0.3) is 0 Å². The Morgan fingerprint density at radius 2 is 2.11 bits per heavy atom. The average Bonchev–Trinajstić information content (AvgIpc) is 2.42. The maximum Gasteiger partial charge on any atom is 0.0737 e. The first-order valence-electron chi connectivity index (χ1n) is 6.75. The van der Waals surface area contributed by atoms with E-state index in [9.17, 15) is 0 Å². The highest BCUT2D eigenvalue weighted by atomic mass is 35.5. The molecule has 2 N–H and O–H groups in total. The second kappa shape index (κ2) is 6.73. The molecule has 0 bridgehead atoms. The van der Waals surface area contributed by atoms with E-state index in [0.717, 1.165) is 48.4 Å². The lowest BCUT2D eigenvalue weighted by Gasteiger charge is -2.25. The number of aromatic nitrogens is 1. The van der Waals surface area contributed by atoms with Crippen LogP contribution in [-0.2, 0) is 0 Å². The van der Waals surface area contributed by atoms with Crippen LogP contribution in [0.15, 0.2) is 30.5 Å². The van der Waals surface area contributed by atoms with E-state index in [1.165, 1.54) is 5.69 Å². The van der Waals surface area contributed by atoms with Gasteiger partial charge >= 0.3 is 0 Å². The Labute approximate surface area is 119 Å². The zero-order valence-electron chi connectivity index (χ0n) is 11.3. The Morgan fingerprint density at radius 1 is 1.26 bits per heavy atom. The second-order valence-electron chi connectivity index (χ2n) is 4.62. The maximum absolute atomic E-state index is 6.03. The van der Waals surface area contributed by atoms with Crippen molar-refractivity contribution < 1.29 is 0 Å². The molecule has 0 unspecified atom stereocenters. The minimum atomic E-state index is 0.717. The van der Waals surface area contributed by atoms with Crippen molar-refractivity contribution in [1.82, 2.24) is 4.98 Å². The molecule has 4 heteroatoms. The van der Waals surface area contributed by atoms with Gasteiger partial charge < -0.3 is 10.6 Å². The summed E-state index contributed by atoms with van der Waals surface area (Å²) in [5.41, 5.74) is 7.79. The van der Waals surface area contributed by atoms with E-state index in [1.54, 1.807) is 0 Å². The summed E-state index contributed by atoms with van der Waals surface area (Å²) < 4.78 is 0. The van der Waals surface area contributed by atoms with Gasteiger partial charge in [-0.1, -0.05) is 18.5 Å². The molecular formula is C15H20ClN3. The van der Waals surface area contributed by atoms with Crippen molar-refractivity contribution in [3.8, 4) is 0 Å². The molecule has 102 valence electrons. The standard InChI is InChI=1S/C15H20ClN3/c1-2-9-19(10-3-7-17)15-6-8-18-14-11-12(16)4-5-13(14)15/h4-6,8,11H,2-3,7,9-10,17H2,1H3. The number of anilines is 1. The summed E-state index contributed by atoms with van der Waals surface area (Å²) in [4.78, 5) is 6.77. The fraction of sp³-hybridized carbons (Fsp3) is 0.400. The Hall–Kier alpha value is -1.32. The van der Waals surface area contributed by atoms with Gasteiger partial charge in [-0.3, -0.25) is 4.98 Å². The third-order valence-corrected chi connectivity index (χ3v) is 3.38. The van der Waals surface area contributed by atoms with Crippen LogP contribution in [0, 0.1) is 0 Å². The maximum atomic E-state index is 6.03. The lowest BCUT2D eigenvalue weighted by atomic mass is 10.1. The molecule has 0 spiro atoms. The van der Waals surface area contributed by atoms with Crippen LogP contribution in [0.4, 0.5) is 5.69 Å². The van der Waals surface area contributed by atoms with Crippen LogP contribution in [0.2, 0.25) is 5.02 Å². The van der Waals surface area contributed by atoms with Crippen LogP contribution in [0.25, 0.3) is 10.9 Å². The van der Waals surface area contributed by atoms with Crippen LogP contribution in [0.3, 0.4) is 0 Å². The second-order valence-corrected chi connectivity index (χ2v) is 5.06. The van der Waals surface area contributed by atoms with E-state index in [1.807, 2.05) is 24.4 Å². The molecule has 0 fully saturated rings. The molecule has 0 saturated heterocycles. The Bertz CT molecular complexity index is 542. The van der Waals surface area contributed by atoms with Crippen molar-refractivity contribution in [2.45, 2.75) is 19.8 Å². The molecule has 2 aromatic rings. The SMILES string of the molecule is CCCN(CCCN)c1ccnc2cc(Cl)ccc12. The quantitative estimate of drug-likeness (QED) is 0.879. The average molecular weight is 278 g/mol. The number of hydrogen-bond acceptors (Lipinski definition) is 3. The number of fused-ring (bicyclic) bond motifs is 1. The van der Waals surface area contributed by atoms with E-state index in [4.69, 9.17) is 17.3 Å². The number of hydrogen-bond donors (Lipinski definition) is 1. The van der Waals surface area contributed by atoms with Gasteiger partial charge in [-0.15, -0.1) is 0 Å². The van der Waals surface area contributed by atoms with Gasteiger partial charge in [-0.25, -0.2) is 0 Å². The summed E-state index contributed by atoms with van der Waals surface area (Å²) in [6.45, 7) is 4.92. The van der Waals surface area contributed by atoms with Crippen molar-refractivity contribution in [1.29, 1.82) is 0 Å². The first kappa shape index (κ1) is 14.1. The van der Waals surface area contributed by atoms with Gasteiger partial charge in [0, 0.05) is 35.4 Å². The molecular weight excluding hydrogens is 258 g/mol. The highest BCUT2D eigenvalue weighted by Gasteiger charge is 2.09. The third kappa shape index (κ3) is 3.37. The minimum Gasteiger partial charge on any atom is -0.371 e. The smallest absolute Gasteiger partial charge is 0.0737 e. The van der Waals surface area contributed by atoms with E-state index in [0.29, 0.717) is 0 Å². The van der Waals surface area contributed by atoms with Crippen LogP contribution in [0.1, 0.15) is 19.8 Å². The van der Waals surface area contributed by atoms with Crippen LogP contribution >= 0.6 is 11.6 Å². The zero-order chi connectivity index (χ0) is 13.7. The fourth-order valence-corrected chi connectivity index (χ4v) is 2.45. The normalized spacial score (nSPS) is 10.9. The molecule has 0 aliphatic heterocycles. The van der Waals surface area contributed by atoms with Gasteiger partial charge in [0.15, 0.2) is 0 Å². The monoisotopic (exact) mass is 277 g/mol. The number of benzene rings is 1. The third-order valence-electron chi connectivity index (χ3n) is 3.15. The highest BCUT2D eigenvalue weighted by Crippen LogP contribution is 2.27. The number of nitrogens with zero attached hydrogens (tertiary/aromatic N) is 2. The summed E-state index contributed by atoms with van der Waals surface area (Å²) in [6, 6.07) is 7.95. The fourth-order valence-electron chi connectivity index (χ4n) is 2.29. The van der Waals surface area contributed by atoms with Crippen LogP contribution < -0.4 is 10.6 Å². The number of halogens is 1. The number of rotatable bonds is 6. The molecule has 1 aromatic heterocycles. The first-order valence-corrected chi connectivity index (χ1v) is 7.13. The van der Waals surface area contributed by atoms with E-state index < -0.39 is 0 Å². The Morgan fingerprint density at radius 3 is 2.84 bits per heavy atom. The lowest BCUT2D eigenvalue weighted by molar-refractivity contribution is 0.722. The van der Waals surface area contributed by atoms with Gasteiger partial charge in [0.2, 0.25) is 0 Å². The molecule has 0 atom stereocenters. The molecule has 0 aliphatic rings. The van der Waals surface area contributed by atoms with Gasteiger partial charge in [0.05, 0.1) is 5.52 Å². The molecule has 1 aromatic carbocycles. The van der Waals surface area contributed by atoms with Crippen LogP contribution in [-0.4, -0.2) is 24.6 Å². The van der Waals surface area contributed by atoms with E-state index in [-0.39, 0.29) is 0 Å².